The van der Waals surface area contributed by atoms with Crippen LogP contribution in [0.4, 0.5) is 10.1 Å². The van der Waals surface area contributed by atoms with Crippen LogP contribution in [0.2, 0.25) is 0 Å². The Labute approximate surface area is 202 Å². The number of fused-ring (bicyclic) bond motifs is 1. The maximum absolute atomic E-state index is 14.2. The zero-order valence-electron chi connectivity index (χ0n) is 19.9. The Morgan fingerprint density at radius 1 is 1.31 bits per heavy atom. The molecule has 1 heterocycles. The van der Waals surface area contributed by atoms with Gasteiger partial charge in [-0.3, -0.25) is 19.8 Å². The third-order valence-corrected chi connectivity index (χ3v) is 4.98. The average Bonchev–Trinajstić information content (AvgIpc) is 3.23. The van der Waals surface area contributed by atoms with Crippen LogP contribution in [0.1, 0.15) is 31.9 Å². The predicted molar refractivity (Wildman–Crippen MR) is 129 cm³/mol. The van der Waals surface area contributed by atoms with Crippen molar-refractivity contribution in [2.24, 2.45) is 5.73 Å². The van der Waals surface area contributed by atoms with Gasteiger partial charge in [-0.15, -0.1) is 0 Å². The van der Waals surface area contributed by atoms with Crippen molar-refractivity contribution in [1.29, 1.82) is 5.41 Å². The lowest BCUT2D eigenvalue weighted by atomic mass is 10.0. The van der Waals surface area contributed by atoms with Crippen LogP contribution >= 0.6 is 0 Å². The lowest BCUT2D eigenvalue weighted by Gasteiger charge is -2.26. The van der Waals surface area contributed by atoms with E-state index >= 15 is 0 Å². The molecule has 2 aliphatic rings. The maximum atomic E-state index is 14.2. The molecule has 0 aromatic heterocycles. The Bertz CT molecular complexity index is 1090. The van der Waals surface area contributed by atoms with Gasteiger partial charge in [-0.2, -0.15) is 0 Å². The molecule has 0 fully saturated rings. The molecule has 1 aromatic rings. The number of aliphatic carboxylic acids is 1. The van der Waals surface area contributed by atoms with Crippen molar-refractivity contribution < 1.29 is 28.6 Å². The molecule has 3 rings (SSSR count). The normalized spacial score (nSPS) is 15.0. The number of carbonyl (C=O) groups is 3. The largest absolute Gasteiger partial charge is 0.481 e. The molecule has 0 saturated heterocycles. The number of benzene rings is 1. The van der Waals surface area contributed by atoms with Gasteiger partial charge in [0.2, 0.25) is 12.0 Å². The molecule has 1 aliphatic heterocycles. The standard InChI is InChI=1S/C22H26FN5O3.C2H4O2/c1-3-26-17-9-13(20(24)25)5-6-14(17)10-27-21(30)22(31-4-2)28-11-15-7-8-18(29)19(23)16(15)12-28;1-2(3)4/h5-9,11,22,26H,3-4,10,12H2,1-2H3,(H3,24,25)(H,27,30);1H3,(H,3,4). The van der Waals surface area contributed by atoms with Crippen molar-refractivity contribution >= 4 is 29.2 Å². The molecule has 10 nitrogen and oxygen atoms in total. The summed E-state index contributed by atoms with van der Waals surface area (Å²) in [7, 11) is 0. The number of ether oxygens (including phenoxy) is 1. The minimum absolute atomic E-state index is 0.0382. The van der Waals surface area contributed by atoms with Crippen LogP contribution in [-0.2, 0) is 25.7 Å². The third-order valence-electron chi connectivity index (χ3n) is 4.98. The summed E-state index contributed by atoms with van der Waals surface area (Å²) in [5.41, 5.74) is 8.57. The third kappa shape index (κ3) is 7.24. The first-order valence-electron chi connectivity index (χ1n) is 11.0. The summed E-state index contributed by atoms with van der Waals surface area (Å²) in [5.74, 6) is -2.72. The number of carboxylic acid groups (broad SMARTS) is 1. The number of amides is 1. The number of nitrogen functional groups attached to an aromatic ring is 1. The SMILES string of the molecule is CC(=O)O.CCNc1cc(C(=N)N)ccc1CNC(=O)C(OCC)N1C=C2C=CC(=O)C(F)=C2C1. The summed E-state index contributed by atoms with van der Waals surface area (Å²) in [6, 6.07) is 5.29. The highest BCUT2D eigenvalue weighted by molar-refractivity contribution is 6.05. The van der Waals surface area contributed by atoms with Crippen molar-refractivity contribution in [3.8, 4) is 0 Å². The van der Waals surface area contributed by atoms with E-state index < -0.39 is 23.8 Å². The molecule has 0 bridgehead atoms. The van der Waals surface area contributed by atoms with Gasteiger partial charge in [0.25, 0.3) is 11.9 Å². The Morgan fingerprint density at radius 3 is 2.60 bits per heavy atom. The number of rotatable bonds is 9. The van der Waals surface area contributed by atoms with Crippen molar-refractivity contribution in [2.45, 2.75) is 33.5 Å². The number of carbonyl (C=O) groups excluding carboxylic acids is 2. The maximum Gasteiger partial charge on any atom is 0.300 e. The summed E-state index contributed by atoms with van der Waals surface area (Å²) in [6.07, 6.45) is 3.38. The summed E-state index contributed by atoms with van der Waals surface area (Å²) >= 11 is 0. The van der Waals surface area contributed by atoms with Crippen molar-refractivity contribution in [3.63, 3.8) is 0 Å². The highest BCUT2D eigenvalue weighted by atomic mass is 19.1. The lowest BCUT2D eigenvalue weighted by molar-refractivity contribution is -0.142. The first-order valence-corrected chi connectivity index (χ1v) is 11.0. The molecule has 1 amide bonds. The molecular weight excluding hydrogens is 457 g/mol. The van der Waals surface area contributed by atoms with Crippen LogP contribution in [-0.4, -0.2) is 59.4 Å². The van der Waals surface area contributed by atoms with E-state index in [9.17, 15) is 14.0 Å². The predicted octanol–water partition coefficient (Wildman–Crippen LogP) is 2.03. The van der Waals surface area contributed by atoms with Crippen molar-refractivity contribution in [2.75, 3.05) is 25.0 Å². The van der Waals surface area contributed by atoms with E-state index in [1.807, 2.05) is 6.92 Å². The van der Waals surface area contributed by atoms with E-state index in [0.29, 0.717) is 17.7 Å². The fourth-order valence-electron chi connectivity index (χ4n) is 3.46. The Morgan fingerprint density at radius 2 is 2.00 bits per heavy atom. The molecule has 6 N–H and O–H groups in total. The number of nitrogens with one attached hydrogen (secondary N) is 3. The van der Waals surface area contributed by atoms with Gasteiger partial charge >= 0.3 is 0 Å². The number of nitrogens with two attached hydrogens (primary N) is 1. The number of ketones is 1. The van der Waals surface area contributed by atoms with Gasteiger partial charge in [0.15, 0.2) is 5.83 Å². The van der Waals surface area contributed by atoms with E-state index in [-0.39, 0.29) is 37.0 Å². The number of carboxylic acids is 1. The Kier molecular flexibility index (Phi) is 9.71. The van der Waals surface area contributed by atoms with E-state index in [0.717, 1.165) is 18.2 Å². The number of amidine groups is 1. The summed E-state index contributed by atoms with van der Waals surface area (Å²) < 4.78 is 19.8. The molecule has 1 aromatic carbocycles. The second kappa shape index (κ2) is 12.5. The first-order chi connectivity index (χ1) is 16.6. The molecule has 11 heteroatoms. The van der Waals surface area contributed by atoms with Crippen LogP contribution in [0.3, 0.4) is 0 Å². The zero-order valence-corrected chi connectivity index (χ0v) is 19.9. The molecule has 188 valence electrons. The molecule has 35 heavy (non-hydrogen) atoms. The molecular formula is C24H30FN5O5. The molecule has 0 saturated carbocycles. The van der Waals surface area contributed by atoms with E-state index in [1.165, 1.54) is 6.08 Å². The van der Waals surface area contributed by atoms with Gasteiger partial charge < -0.3 is 31.1 Å². The number of halogens is 1. The van der Waals surface area contributed by atoms with Crippen LogP contribution in [0.5, 0.6) is 0 Å². The quantitative estimate of drug-likeness (QED) is 0.261. The minimum Gasteiger partial charge on any atom is -0.481 e. The second-order valence-electron chi connectivity index (χ2n) is 7.61. The number of hydrogen-bond acceptors (Lipinski definition) is 7. The Hall–Kier alpha value is -3.99. The van der Waals surface area contributed by atoms with Crippen LogP contribution in [0, 0.1) is 5.41 Å². The van der Waals surface area contributed by atoms with Crippen LogP contribution < -0.4 is 16.4 Å². The first kappa shape index (κ1) is 27.3. The van der Waals surface area contributed by atoms with Gasteiger partial charge in [-0.25, -0.2) is 4.39 Å². The van der Waals surface area contributed by atoms with Crippen molar-refractivity contribution in [1.82, 2.24) is 10.2 Å². The summed E-state index contributed by atoms with van der Waals surface area (Å²) in [5, 5.41) is 21.1. The monoisotopic (exact) mass is 487 g/mol. The molecule has 0 radical (unpaired) electrons. The van der Waals surface area contributed by atoms with E-state index in [1.54, 1.807) is 42.3 Å². The highest BCUT2D eigenvalue weighted by Crippen LogP contribution is 2.31. The van der Waals surface area contributed by atoms with Gasteiger partial charge in [0.05, 0.1) is 0 Å². The molecule has 1 atom stereocenters. The van der Waals surface area contributed by atoms with Crippen LogP contribution in [0.15, 0.2) is 53.5 Å². The second-order valence-corrected chi connectivity index (χ2v) is 7.61. The van der Waals surface area contributed by atoms with Crippen molar-refractivity contribution in [3.05, 3.63) is 64.7 Å². The van der Waals surface area contributed by atoms with Gasteiger partial charge in [-0.05, 0) is 43.2 Å². The Balaban J connectivity index is 0.00000100. The number of allylic oxidation sites excluding steroid dienone is 3. The summed E-state index contributed by atoms with van der Waals surface area (Å²) in [4.78, 5) is 35.1. The zero-order chi connectivity index (χ0) is 26.1. The van der Waals surface area contributed by atoms with E-state index in [4.69, 9.17) is 25.8 Å². The van der Waals surface area contributed by atoms with Gasteiger partial charge in [0.1, 0.15) is 5.84 Å². The van der Waals surface area contributed by atoms with Crippen LogP contribution in [0.25, 0.3) is 0 Å². The molecule has 0 spiro atoms. The average molecular weight is 488 g/mol. The smallest absolute Gasteiger partial charge is 0.300 e. The topological polar surface area (TPSA) is 158 Å². The summed E-state index contributed by atoms with van der Waals surface area (Å²) in [6.45, 7) is 6.04. The van der Waals surface area contributed by atoms with Gasteiger partial charge in [-0.1, -0.05) is 12.1 Å². The fraction of sp³-hybridized carbons (Fsp3) is 0.333. The lowest BCUT2D eigenvalue weighted by Crippen LogP contribution is -2.45. The van der Waals surface area contributed by atoms with E-state index in [2.05, 4.69) is 10.6 Å². The number of nitrogens with zero attached hydrogens (tertiary/aromatic N) is 1. The highest BCUT2D eigenvalue weighted by Gasteiger charge is 2.33. The molecule has 1 unspecified atom stereocenters. The molecule has 1 aliphatic carbocycles. The minimum atomic E-state index is -0.967. The number of hydrogen-bond donors (Lipinski definition) is 5. The van der Waals surface area contributed by atoms with Gasteiger partial charge in [0, 0.05) is 56.2 Å². The fourth-order valence-corrected chi connectivity index (χ4v) is 3.46. The number of anilines is 1.